The van der Waals surface area contributed by atoms with Crippen LogP contribution in [0.3, 0.4) is 0 Å². The lowest BCUT2D eigenvalue weighted by Gasteiger charge is -2.15. The Morgan fingerprint density at radius 3 is 2.44 bits per heavy atom. The predicted molar refractivity (Wildman–Crippen MR) is 88.6 cm³/mol. The fraction of sp³-hybridized carbons (Fsp3) is 0.312. The molecule has 2 aromatic rings. The molecule has 0 unspecified atom stereocenters. The Bertz CT molecular complexity index is 787. The van der Waals surface area contributed by atoms with Gasteiger partial charge < -0.3 is 28.5 Å². The number of methoxy groups -OCH3 is 3. The maximum atomic E-state index is 11.5. The molecule has 2 rings (SSSR count). The smallest absolute Gasteiger partial charge is 0.281 e. The monoisotopic (exact) mass is 365 g/mol. The molecular formula is C16H17N2O6S-. The third-order valence-electron chi connectivity index (χ3n) is 3.17. The van der Waals surface area contributed by atoms with Crippen molar-refractivity contribution in [1.82, 2.24) is 10.2 Å². The van der Waals surface area contributed by atoms with E-state index in [1.54, 1.807) is 12.1 Å². The molecule has 0 bridgehead atoms. The number of carbonyl (C=O) groups is 1. The molecule has 8 nitrogen and oxygen atoms in total. The Morgan fingerprint density at radius 1 is 1.20 bits per heavy atom. The fourth-order valence-electron chi connectivity index (χ4n) is 2.03. The Kier molecular flexibility index (Phi) is 6.29. The van der Waals surface area contributed by atoms with Crippen LogP contribution in [0.25, 0.3) is 6.08 Å². The van der Waals surface area contributed by atoms with Gasteiger partial charge in [-0.15, -0.1) is 10.2 Å². The van der Waals surface area contributed by atoms with Crippen molar-refractivity contribution in [3.05, 3.63) is 28.5 Å². The zero-order valence-electron chi connectivity index (χ0n) is 14.2. The number of ether oxygens (including phenoxy) is 3. The zero-order chi connectivity index (χ0) is 18.4. The van der Waals surface area contributed by atoms with E-state index in [0.717, 1.165) is 11.8 Å². The number of aromatic nitrogens is 2. The number of rotatable bonds is 8. The number of carboxylic acids is 1. The van der Waals surface area contributed by atoms with Gasteiger partial charge in [-0.25, -0.2) is 0 Å². The quantitative estimate of drug-likeness (QED) is 0.508. The molecular weight excluding hydrogens is 348 g/mol. The van der Waals surface area contributed by atoms with E-state index in [0.29, 0.717) is 35.1 Å². The highest BCUT2D eigenvalue weighted by atomic mass is 32.2. The molecule has 1 aromatic heterocycles. The average Bonchev–Trinajstić information content (AvgIpc) is 3.07. The number of hydrogen-bond donors (Lipinski definition) is 0. The van der Waals surface area contributed by atoms with E-state index in [9.17, 15) is 9.90 Å². The van der Waals surface area contributed by atoms with Gasteiger partial charge in [-0.3, -0.25) is 0 Å². The van der Waals surface area contributed by atoms with Crippen LogP contribution in [0.5, 0.6) is 17.2 Å². The predicted octanol–water partition coefficient (Wildman–Crippen LogP) is 1.54. The van der Waals surface area contributed by atoms with E-state index in [1.807, 2.05) is 6.92 Å². The first kappa shape index (κ1) is 18.7. The van der Waals surface area contributed by atoms with Crippen LogP contribution in [0.15, 0.2) is 26.7 Å². The van der Waals surface area contributed by atoms with Crippen LogP contribution in [0.1, 0.15) is 18.4 Å². The van der Waals surface area contributed by atoms with Crippen molar-refractivity contribution in [2.45, 2.75) is 18.6 Å². The summed E-state index contributed by atoms with van der Waals surface area (Å²) >= 11 is 0.802. The van der Waals surface area contributed by atoms with Crippen LogP contribution in [0.4, 0.5) is 0 Å². The van der Waals surface area contributed by atoms with E-state index in [2.05, 4.69) is 10.2 Å². The minimum absolute atomic E-state index is 0.114. The summed E-state index contributed by atoms with van der Waals surface area (Å²) in [6.45, 7) is 1.85. The lowest BCUT2D eigenvalue weighted by Crippen LogP contribution is -2.23. The van der Waals surface area contributed by atoms with Crippen molar-refractivity contribution in [3.63, 3.8) is 0 Å². The van der Waals surface area contributed by atoms with E-state index in [4.69, 9.17) is 18.6 Å². The SMILES string of the molecule is CCc1nnc(S/C(=C\c2ccc(OC)c(OC)c2OC)C(=O)[O-])o1. The van der Waals surface area contributed by atoms with Crippen LogP contribution >= 0.6 is 11.8 Å². The molecule has 0 saturated heterocycles. The first-order valence-corrected chi connectivity index (χ1v) is 8.07. The van der Waals surface area contributed by atoms with Crippen LogP contribution in [-0.2, 0) is 11.2 Å². The molecule has 0 atom stereocenters. The standard InChI is InChI=1S/C16H18N2O6S/c1-5-12-17-18-16(24-12)25-11(15(19)20)8-9-6-7-10(21-2)14(23-4)13(9)22-3/h6-8H,5H2,1-4H3,(H,19,20)/p-1/b11-8-. The molecule has 0 saturated carbocycles. The van der Waals surface area contributed by atoms with Crippen LogP contribution < -0.4 is 19.3 Å². The summed E-state index contributed by atoms with van der Waals surface area (Å²) < 4.78 is 21.2. The molecule has 1 heterocycles. The topological polar surface area (TPSA) is 107 Å². The maximum absolute atomic E-state index is 11.5. The number of aliphatic carboxylic acids is 1. The van der Waals surface area contributed by atoms with E-state index in [1.165, 1.54) is 27.4 Å². The van der Waals surface area contributed by atoms with Crippen LogP contribution in [0.2, 0.25) is 0 Å². The van der Waals surface area contributed by atoms with Gasteiger partial charge in [0.15, 0.2) is 11.5 Å². The van der Waals surface area contributed by atoms with E-state index < -0.39 is 5.97 Å². The molecule has 0 aliphatic carbocycles. The second-order valence-electron chi connectivity index (χ2n) is 4.64. The third kappa shape index (κ3) is 4.24. The summed E-state index contributed by atoms with van der Waals surface area (Å²) in [7, 11) is 4.41. The molecule has 1 aromatic carbocycles. The number of nitrogens with zero attached hydrogens (tertiary/aromatic N) is 2. The van der Waals surface area contributed by atoms with Gasteiger partial charge >= 0.3 is 0 Å². The Labute approximate surface area is 148 Å². The zero-order valence-corrected chi connectivity index (χ0v) is 15.0. The molecule has 0 fully saturated rings. The van der Waals surface area contributed by atoms with Gasteiger partial charge in [0, 0.05) is 16.9 Å². The molecule has 9 heteroatoms. The molecule has 0 spiro atoms. The lowest BCUT2D eigenvalue weighted by molar-refractivity contribution is -0.298. The minimum Gasteiger partial charge on any atom is -0.544 e. The van der Waals surface area contributed by atoms with E-state index >= 15 is 0 Å². The fourth-order valence-corrected chi connectivity index (χ4v) is 2.70. The lowest BCUT2D eigenvalue weighted by atomic mass is 10.1. The first-order valence-electron chi connectivity index (χ1n) is 7.26. The number of hydrogen-bond acceptors (Lipinski definition) is 9. The molecule has 0 amide bonds. The highest BCUT2D eigenvalue weighted by Gasteiger charge is 2.16. The van der Waals surface area contributed by atoms with Crippen molar-refractivity contribution >= 4 is 23.8 Å². The van der Waals surface area contributed by atoms with Crippen LogP contribution in [-0.4, -0.2) is 37.5 Å². The molecule has 0 aliphatic heterocycles. The average molecular weight is 365 g/mol. The summed E-state index contributed by atoms with van der Waals surface area (Å²) in [5.74, 6) is 0.194. The van der Waals surface area contributed by atoms with Gasteiger partial charge in [-0.05, 0) is 30.0 Å². The number of benzene rings is 1. The van der Waals surface area contributed by atoms with Crippen molar-refractivity contribution in [1.29, 1.82) is 0 Å². The normalized spacial score (nSPS) is 11.3. The molecule has 25 heavy (non-hydrogen) atoms. The number of thioether (sulfide) groups is 1. The molecule has 0 radical (unpaired) electrons. The molecule has 0 N–H and O–H groups in total. The van der Waals surface area contributed by atoms with Crippen molar-refractivity contribution in [2.24, 2.45) is 0 Å². The highest BCUT2D eigenvalue weighted by molar-refractivity contribution is 8.03. The maximum Gasteiger partial charge on any atom is 0.281 e. The van der Waals surface area contributed by atoms with Crippen molar-refractivity contribution < 1.29 is 28.5 Å². The number of carboxylic acid groups (broad SMARTS) is 1. The Hall–Kier alpha value is -2.68. The summed E-state index contributed by atoms with van der Waals surface area (Å²) in [4.78, 5) is 11.4. The third-order valence-corrected chi connectivity index (χ3v) is 4.01. The van der Waals surface area contributed by atoms with Crippen LogP contribution in [0, 0.1) is 0 Å². The second-order valence-corrected chi connectivity index (χ2v) is 5.63. The van der Waals surface area contributed by atoms with Gasteiger partial charge in [-0.2, -0.15) is 0 Å². The number of aryl methyl sites for hydroxylation is 1. The summed E-state index contributed by atoms with van der Waals surface area (Å²) in [5, 5.41) is 19.2. The Morgan fingerprint density at radius 2 is 1.92 bits per heavy atom. The van der Waals surface area contributed by atoms with E-state index in [-0.39, 0.29) is 10.1 Å². The Balaban J connectivity index is 2.44. The van der Waals surface area contributed by atoms with Crippen molar-refractivity contribution in [2.75, 3.05) is 21.3 Å². The molecule has 0 aliphatic rings. The van der Waals surface area contributed by atoms with Gasteiger partial charge in [0.05, 0.1) is 27.3 Å². The second kappa shape index (κ2) is 8.43. The van der Waals surface area contributed by atoms with Gasteiger partial charge in [-0.1, -0.05) is 6.92 Å². The summed E-state index contributed by atoms with van der Waals surface area (Å²) in [5.41, 5.74) is 0.474. The first-order chi connectivity index (χ1) is 12.0. The summed E-state index contributed by atoms with van der Waals surface area (Å²) in [6, 6.07) is 3.29. The molecule has 134 valence electrons. The van der Waals surface area contributed by atoms with Gasteiger partial charge in [0.2, 0.25) is 11.6 Å². The van der Waals surface area contributed by atoms with Gasteiger partial charge in [0.1, 0.15) is 0 Å². The largest absolute Gasteiger partial charge is 0.544 e. The summed E-state index contributed by atoms with van der Waals surface area (Å²) in [6.07, 6.45) is 1.94. The van der Waals surface area contributed by atoms with Crippen molar-refractivity contribution in [3.8, 4) is 17.2 Å². The highest BCUT2D eigenvalue weighted by Crippen LogP contribution is 2.41. The van der Waals surface area contributed by atoms with Gasteiger partial charge in [0.25, 0.3) is 5.22 Å². The number of carbonyl (C=O) groups excluding carboxylic acids is 1. The minimum atomic E-state index is -1.38.